The van der Waals surface area contributed by atoms with Gasteiger partial charge < -0.3 is 14.4 Å². The molecular formula is C28H37N3O4. The van der Waals surface area contributed by atoms with Crippen molar-refractivity contribution in [2.75, 3.05) is 11.4 Å². The molecule has 1 aliphatic heterocycles. The fourth-order valence-electron chi connectivity index (χ4n) is 5.04. The standard InChI is InChI=1S/C28H37N3O4/c1-28(2,3)35-27(33)31(22-14-8-5-9-15-22)25-23(16-10-18-29-25)24-17-11-19-30(24)26(32)34-20-21-12-6-4-7-13-21/h4,6-7,10,12-13,16,18,22,24H,5,8-9,11,14-15,17,19-20H2,1-3H3/t24-/m1/s1. The molecule has 188 valence electrons. The van der Waals surface area contributed by atoms with Gasteiger partial charge in [-0.25, -0.2) is 14.6 Å². The van der Waals surface area contributed by atoms with Crippen molar-refractivity contribution >= 4 is 18.0 Å². The van der Waals surface area contributed by atoms with E-state index < -0.39 is 5.60 Å². The monoisotopic (exact) mass is 479 g/mol. The van der Waals surface area contributed by atoms with Crippen molar-refractivity contribution in [2.24, 2.45) is 0 Å². The van der Waals surface area contributed by atoms with Gasteiger partial charge in [-0.05, 0) is 58.1 Å². The van der Waals surface area contributed by atoms with Crippen LogP contribution in [0.4, 0.5) is 15.4 Å². The summed E-state index contributed by atoms with van der Waals surface area (Å²) in [5.74, 6) is 0.599. The van der Waals surface area contributed by atoms with Crippen molar-refractivity contribution in [3.8, 4) is 0 Å². The maximum Gasteiger partial charge on any atom is 0.416 e. The zero-order valence-corrected chi connectivity index (χ0v) is 21.1. The minimum atomic E-state index is -0.612. The molecule has 2 aliphatic rings. The van der Waals surface area contributed by atoms with Crippen LogP contribution in [0.25, 0.3) is 0 Å². The molecule has 2 heterocycles. The molecule has 1 aromatic carbocycles. The Bertz CT molecular complexity index is 999. The second-order valence-corrected chi connectivity index (χ2v) is 10.5. The summed E-state index contributed by atoms with van der Waals surface area (Å²) < 4.78 is 11.5. The normalized spacial score (nSPS) is 18.8. The van der Waals surface area contributed by atoms with Gasteiger partial charge in [0.05, 0.1) is 6.04 Å². The van der Waals surface area contributed by atoms with Crippen LogP contribution >= 0.6 is 0 Å². The Hall–Kier alpha value is -3.09. The molecule has 2 amide bonds. The van der Waals surface area contributed by atoms with Crippen molar-refractivity contribution in [3.63, 3.8) is 0 Å². The van der Waals surface area contributed by atoms with Gasteiger partial charge in [-0.2, -0.15) is 0 Å². The zero-order valence-electron chi connectivity index (χ0n) is 21.1. The summed E-state index contributed by atoms with van der Waals surface area (Å²) in [4.78, 5) is 34.8. The van der Waals surface area contributed by atoms with Crippen molar-refractivity contribution in [3.05, 3.63) is 59.8 Å². The minimum absolute atomic E-state index is 0.0344. The predicted molar refractivity (Wildman–Crippen MR) is 135 cm³/mol. The first-order valence-electron chi connectivity index (χ1n) is 12.8. The lowest BCUT2D eigenvalue weighted by Crippen LogP contribution is -2.46. The first-order valence-corrected chi connectivity index (χ1v) is 12.8. The molecule has 2 aromatic rings. The van der Waals surface area contributed by atoms with Gasteiger partial charge in [0, 0.05) is 24.3 Å². The lowest BCUT2D eigenvalue weighted by Gasteiger charge is -2.37. The molecule has 7 nitrogen and oxygen atoms in total. The minimum Gasteiger partial charge on any atom is -0.445 e. The molecule has 1 saturated heterocycles. The maximum absolute atomic E-state index is 13.5. The smallest absolute Gasteiger partial charge is 0.416 e. The summed E-state index contributed by atoms with van der Waals surface area (Å²) in [5.41, 5.74) is 1.21. The van der Waals surface area contributed by atoms with Gasteiger partial charge in [0.2, 0.25) is 0 Å². The Labute approximate surface area is 208 Å². The molecule has 0 N–H and O–H groups in total. The van der Waals surface area contributed by atoms with Crippen LogP contribution in [0.2, 0.25) is 0 Å². The van der Waals surface area contributed by atoms with Gasteiger partial charge in [0.1, 0.15) is 18.0 Å². The van der Waals surface area contributed by atoms with Gasteiger partial charge in [-0.15, -0.1) is 0 Å². The van der Waals surface area contributed by atoms with Gasteiger partial charge in [-0.1, -0.05) is 55.7 Å². The second kappa shape index (κ2) is 11.1. The van der Waals surface area contributed by atoms with E-state index in [1.165, 1.54) is 6.42 Å². The second-order valence-electron chi connectivity index (χ2n) is 10.5. The van der Waals surface area contributed by atoms with Crippen molar-refractivity contribution in [1.29, 1.82) is 0 Å². The number of nitrogens with zero attached hydrogens (tertiary/aromatic N) is 3. The molecule has 1 atom stereocenters. The molecule has 0 bridgehead atoms. The Morgan fingerprint density at radius 3 is 2.46 bits per heavy atom. The molecule has 1 aromatic heterocycles. The topological polar surface area (TPSA) is 72.0 Å². The quantitative estimate of drug-likeness (QED) is 0.481. The fourth-order valence-corrected chi connectivity index (χ4v) is 5.04. The third-order valence-corrected chi connectivity index (χ3v) is 6.63. The number of carbonyl (C=O) groups is 2. The summed E-state index contributed by atoms with van der Waals surface area (Å²) in [7, 11) is 0. The molecule has 0 radical (unpaired) electrons. The van der Waals surface area contributed by atoms with Gasteiger partial charge in [-0.3, -0.25) is 4.90 Å². The summed E-state index contributed by atoms with van der Waals surface area (Å²) in [5, 5.41) is 0. The number of rotatable bonds is 5. The highest BCUT2D eigenvalue weighted by molar-refractivity contribution is 5.88. The van der Waals surface area contributed by atoms with Crippen molar-refractivity contribution < 1.29 is 19.1 Å². The summed E-state index contributed by atoms with van der Waals surface area (Å²) in [6.45, 7) is 6.48. The molecular weight excluding hydrogens is 442 g/mol. The third kappa shape index (κ3) is 6.32. The third-order valence-electron chi connectivity index (χ3n) is 6.63. The van der Waals surface area contributed by atoms with E-state index in [4.69, 9.17) is 9.47 Å². The number of aromatic nitrogens is 1. The SMILES string of the molecule is CC(C)(C)OC(=O)N(c1ncccc1[C@H]1CCCN1C(=O)OCc1ccccc1)C1CCCCC1. The Morgan fingerprint density at radius 1 is 1.00 bits per heavy atom. The first-order chi connectivity index (χ1) is 16.8. The largest absolute Gasteiger partial charge is 0.445 e. The van der Waals surface area contributed by atoms with E-state index in [2.05, 4.69) is 4.98 Å². The highest BCUT2D eigenvalue weighted by Gasteiger charge is 2.38. The predicted octanol–water partition coefficient (Wildman–Crippen LogP) is 6.63. The molecule has 7 heteroatoms. The van der Waals surface area contributed by atoms with E-state index in [1.54, 1.807) is 16.0 Å². The maximum atomic E-state index is 13.5. The molecule has 0 spiro atoms. The van der Waals surface area contributed by atoms with E-state index in [9.17, 15) is 9.59 Å². The number of benzene rings is 1. The van der Waals surface area contributed by atoms with Gasteiger partial charge in [0.25, 0.3) is 0 Å². The summed E-state index contributed by atoms with van der Waals surface area (Å²) in [6.07, 6.45) is 7.84. The van der Waals surface area contributed by atoms with Gasteiger partial charge >= 0.3 is 12.2 Å². The van der Waals surface area contributed by atoms with Crippen molar-refractivity contribution in [1.82, 2.24) is 9.88 Å². The molecule has 2 fully saturated rings. The molecule has 1 saturated carbocycles. The van der Waals surface area contributed by atoms with Crippen molar-refractivity contribution in [2.45, 2.75) is 90.0 Å². The average Bonchev–Trinajstić information content (AvgIpc) is 3.33. The Morgan fingerprint density at radius 2 is 1.74 bits per heavy atom. The number of anilines is 1. The molecule has 1 aliphatic carbocycles. The van der Waals surface area contributed by atoms with Crippen LogP contribution in [0.1, 0.15) is 82.9 Å². The number of hydrogen-bond acceptors (Lipinski definition) is 5. The number of hydrogen-bond donors (Lipinski definition) is 0. The summed E-state index contributed by atoms with van der Waals surface area (Å²) in [6, 6.07) is 13.4. The fraction of sp³-hybridized carbons (Fsp3) is 0.536. The molecule has 35 heavy (non-hydrogen) atoms. The molecule has 4 rings (SSSR count). The van der Waals surface area contributed by atoms with E-state index in [0.29, 0.717) is 12.4 Å². The highest BCUT2D eigenvalue weighted by Crippen LogP contribution is 2.39. The number of pyridine rings is 1. The Kier molecular flexibility index (Phi) is 7.93. The van der Waals surface area contributed by atoms with E-state index in [0.717, 1.165) is 49.7 Å². The average molecular weight is 480 g/mol. The highest BCUT2D eigenvalue weighted by atomic mass is 16.6. The van der Waals surface area contributed by atoms with Crippen LogP contribution in [-0.4, -0.2) is 40.3 Å². The number of likely N-dealkylation sites (tertiary alicyclic amines) is 1. The zero-order chi connectivity index (χ0) is 24.8. The number of ether oxygens (including phenoxy) is 2. The van der Waals surface area contributed by atoms with E-state index in [1.807, 2.05) is 63.2 Å². The lowest BCUT2D eigenvalue weighted by atomic mass is 9.93. The van der Waals surface area contributed by atoms with E-state index >= 15 is 0 Å². The van der Waals surface area contributed by atoms with Crippen LogP contribution in [0.3, 0.4) is 0 Å². The number of amides is 2. The van der Waals surface area contributed by atoms with Crippen LogP contribution in [-0.2, 0) is 16.1 Å². The van der Waals surface area contributed by atoms with E-state index in [-0.39, 0.29) is 30.9 Å². The summed E-state index contributed by atoms with van der Waals surface area (Å²) >= 11 is 0. The number of carbonyl (C=O) groups excluding carboxylic acids is 2. The Balaban J connectivity index is 1.60. The van der Waals surface area contributed by atoms with Crippen LogP contribution in [0, 0.1) is 0 Å². The van der Waals surface area contributed by atoms with Crippen LogP contribution < -0.4 is 4.90 Å². The van der Waals surface area contributed by atoms with Gasteiger partial charge in [0.15, 0.2) is 0 Å². The van der Waals surface area contributed by atoms with Crippen LogP contribution in [0.15, 0.2) is 48.7 Å². The molecule has 0 unspecified atom stereocenters. The van der Waals surface area contributed by atoms with Crippen LogP contribution in [0.5, 0.6) is 0 Å². The lowest BCUT2D eigenvalue weighted by molar-refractivity contribution is 0.0556. The first kappa shape index (κ1) is 25.0.